The molecule has 2 saturated heterocycles. The van der Waals surface area contributed by atoms with Gasteiger partial charge < -0.3 is 9.64 Å². The lowest BCUT2D eigenvalue weighted by Crippen LogP contribution is -2.30. The summed E-state index contributed by atoms with van der Waals surface area (Å²) in [6, 6.07) is 12.1. The van der Waals surface area contributed by atoms with Crippen molar-refractivity contribution in [3.05, 3.63) is 63.7 Å². The first-order chi connectivity index (χ1) is 14.1. The zero-order chi connectivity index (χ0) is 20.2. The molecule has 2 aliphatic rings. The highest BCUT2D eigenvalue weighted by Gasteiger charge is 2.24. The number of carbonyl (C=O) groups is 1. The maximum Gasteiger partial charge on any atom is 0.343 e. The number of esters is 1. The van der Waals surface area contributed by atoms with Gasteiger partial charge in [-0.05, 0) is 49.1 Å². The van der Waals surface area contributed by atoms with E-state index < -0.39 is 10.9 Å². The van der Waals surface area contributed by atoms with Crippen LogP contribution in [0.5, 0.6) is 5.75 Å². The zero-order valence-electron chi connectivity index (χ0n) is 15.9. The quantitative estimate of drug-likeness (QED) is 0.276. The molecule has 0 N–H and O–H groups in total. The third kappa shape index (κ3) is 4.70. The molecule has 2 aliphatic heterocycles. The number of thioether (sulfide) groups is 2. The van der Waals surface area contributed by atoms with Gasteiger partial charge in [-0.25, -0.2) is 4.79 Å². The van der Waals surface area contributed by atoms with Crippen LogP contribution >= 0.6 is 23.5 Å². The third-order valence-electron chi connectivity index (χ3n) is 5.09. The van der Waals surface area contributed by atoms with Gasteiger partial charge in [0.1, 0.15) is 11.4 Å². The van der Waals surface area contributed by atoms with E-state index in [1.54, 1.807) is 24.3 Å². The van der Waals surface area contributed by atoms with Gasteiger partial charge in [0.25, 0.3) is 5.69 Å². The molecule has 0 unspecified atom stereocenters. The normalized spacial score (nSPS) is 17.3. The standard InChI is InChI=1S/C21H22N2O4S2/c24-20(27-17-7-4-15(5-8-17)21-28-12-13-29-21)16-6-9-18(19(14-16)23(25)26)22-10-2-1-3-11-22/h4-9,14,21H,1-3,10-13H2. The van der Waals surface area contributed by atoms with Gasteiger partial charge >= 0.3 is 5.97 Å². The monoisotopic (exact) mass is 430 g/mol. The lowest BCUT2D eigenvalue weighted by molar-refractivity contribution is -0.384. The van der Waals surface area contributed by atoms with Crippen molar-refractivity contribution in [1.29, 1.82) is 0 Å². The van der Waals surface area contributed by atoms with Crippen LogP contribution < -0.4 is 9.64 Å². The highest BCUT2D eigenvalue weighted by molar-refractivity contribution is 8.19. The van der Waals surface area contributed by atoms with Crippen LogP contribution in [0.1, 0.15) is 39.8 Å². The molecule has 2 aromatic carbocycles. The lowest BCUT2D eigenvalue weighted by Gasteiger charge is -2.28. The number of nitro benzene ring substituents is 1. The van der Waals surface area contributed by atoms with Gasteiger partial charge in [-0.2, -0.15) is 0 Å². The molecule has 0 spiro atoms. The Balaban J connectivity index is 1.49. The molecule has 0 bridgehead atoms. The van der Waals surface area contributed by atoms with E-state index in [0.717, 1.165) is 43.9 Å². The molecular formula is C21H22N2O4S2. The van der Waals surface area contributed by atoms with E-state index in [1.807, 2.05) is 40.6 Å². The van der Waals surface area contributed by atoms with Crippen LogP contribution in [0.4, 0.5) is 11.4 Å². The average Bonchev–Trinajstić information content (AvgIpc) is 3.29. The number of rotatable bonds is 5. The van der Waals surface area contributed by atoms with Gasteiger partial charge in [0.2, 0.25) is 0 Å². The molecule has 6 nitrogen and oxygen atoms in total. The average molecular weight is 431 g/mol. The van der Waals surface area contributed by atoms with Gasteiger partial charge in [-0.1, -0.05) is 12.1 Å². The van der Waals surface area contributed by atoms with Gasteiger partial charge in [0, 0.05) is 30.7 Å². The summed E-state index contributed by atoms with van der Waals surface area (Å²) in [6.45, 7) is 1.60. The molecule has 8 heteroatoms. The van der Waals surface area contributed by atoms with Crippen LogP contribution in [-0.2, 0) is 0 Å². The molecule has 2 aromatic rings. The number of carbonyl (C=O) groups excluding carboxylic acids is 1. The summed E-state index contributed by atoms with van der Waals surface area (Å²) in [5, 5.41) is 11.6. The van der Waals surface area contributed by atoms with Gasteiger partial charge in [0.15, 0.2) is 0 Å². The fraction of sp³-hybridized carbons (Fsp3) is 0.381. The first kappa shape index (κ1) is 20.1. The summed E-state index contributed by atoms with van der Waals surface area (Å²) in [7, 11) is 0. The van der Waals surface area contributed by atoms with E-state index in [0.29, 0.717) is 16.0 Å². The Hall–Kier alpha value is -2.19. The maximum absolute atomic E-state index is 12.6. The first-order valence-electron chi connectivity index (χ1n) is 9.70. The fourth-order valence-electron chi connectivity index (χ4n) is 3.61. The van der Waals surface area contributed by atoms with Crippen molar-refractivity contribution < 1.29 is 14.5 Å². The van der Waals surface area contributed by atoms with Crippen molar-refractivity contribution in [2.24, 2.45) is 0 Å². The van der Waals surface area contributed by atoms with Crippen molar-refractivity contribution in [1.82, 2.24) is 0 Å². The highest BCUT2D eigenvalue weighted by Crippen LogP contribution is 2.45. The Labute approximate surface area is 178 Å². The summed E-state index contributed by atoms with van der Waals surface area (Å²) < 4.78 is 5.88. The van der Waals surface area contributed by atoms with Crippen molar-refractivity contribution in [3.63, 3.8) is 0 Å². The molecule has 2 fully saturated rings. The first-order valence-corrected chi connectivity index (χ1v) is 11.8. The van der Waals surface area contributed by atoms with Crippen molar-refractivity contribution in [2.45, 2.75) is 23.8 Å². The summed E-state index contributed by atoms with van der Waals surface area (Å²) in [5.74, 6) is 2.15. The van der Waals surface area contributed by atoms with Crippen LogP contribution in [0.2, 0.25) is 0 Å². The van der Waals surface area contributed by atoms with E-state index >= 15 is 0 Å². The molecule has 0 amide bonds. The Kier molecular flexibility index (Phi) is 6.30. The second-order valence-corrected chi connectivity index (χ2v) is 9.76. The predicted molar refractivity (Wildman–Crippen MR) is 118 cm³/mol. The van der Waals surface area contributed by atoms with Gasteiger partial charge in [-0.3, -0.25) is 10.1 Å². The van der Waals surface area contributed by atoms with E-state index in [-0.39, 0.29) is 11.3 Å². The van der Waals surface area contributed by atoms with E-state index in [9.17, 15) is 14.9 Å². The molecule has 29 heavy (non-hydrogen) atoms. The molecule has 152 valence electrons. The minimum atomic E-state index is -0.587. The zero-order valence-corrected chi connectivity index (χ0v) is 17.5. The smallest absolute Gasteiger partial charge is 0.343 e. The molecular weight excluding hydrogens is 408 g/mol. The summed E-state index contributed by atoms with van der Waals surface area (Å²) in [5.41, 5.74) is 1.91. The summed E-state index contributed by atoms with van der Waals surface area (Å²) in [4.78, 5) is 25.7. The molecule has 0 aliphatic carbocycles. The van der Waals surface area contributed by atoms with Crippen LogP contribution in [-0.4, -0.2) is 35.5 Å². The van der Waals surface area contributed by atoms with Gasteiger partial charge in [-0.15, -0.1) is 23.5 Å². The second-order valence-electron chi connectivity index (χ2n) is 7.04. The molecule has 0 aromatic heterocycles. The van der Waals surface area contributed by atoms with Crippen LogP contribution in [0.25, 0.3) is 0 Å². The topological polar surface area (TPSA) is 72.7 Å². The molecule has 2 heterocycles. The lowest BCUT2D eigenvalue weighted by atomic mass is 10.1. The Morgan fingerprint density at radius 1 is 1.03 bits per heavy atom. The third-order valence-corrected chi connectivity index (χ3v) is 8.19. The minimum Gasteiger partial charge on any atom is -0.423 e. The minimum absolute atomic E-state index is 0.0491. The number of hydrogen-bond donors (Lipinski definition) is 0. The fourth-order valence-corrected chi connectivity index (χ4v) is 6.47. The summed E-state index contributed by atoms with van der Waals surface area (Å²) >= 11 is 3.83. The van der Waals surface area contributed by atoms with E-state index in [2.05, 4.69) is 0 Å². The second kappa shape index (κ2) is 9.09. The van der Waals surface area contributed by atoms with E-state index in [1.165, 1.54) is 11.6 Å². The number of benzene rings is 2. The van der Waals surface area contributed by atoms with Crippen LogP contribution in [0.15, 0.2) is 42.5 Å². The summed E-state index contributed by atoms with van der Waals surface area (Å²) in [6.07, 6.45) is 3.19. The molecule has 4 rings (SSSR count). The number of hydrogen-bond acceptors (Lipinski definition) is 7. The Morgan fingerprint density at radius 3 is 2.38 bits per heavy atom. The molecule has 0 saturated carbocycles. The number of nitrogens with zero attached hydrogens (tertiary/aromatic N) is 2. The highest BCUT2D eigenvalue weighted by atomic mass is 32.2. The van der Waals surface area contributed by atoms with Crippen molar-refractivity contribution >= 4 is 40.9 Å². The van der Waals surface area contributed by atoms with Gasteiger partial charge in [0.05, 0.1) is 15.1 Å². The number of anilines is 1. The number of piperidine rings is 1. The SMILES string of the molecule is O=C(Oc1ccc(C2SCCS2)cc1)c1ccc(N2CCCCC2)c([N+](=O)[O-])c1. The number of nitro groups is 1. The predicted octanol–water partition coefficient (Wildman–Crippen LogP) is 5.28. The largest absolute Gasteiger partial charge is 0.423 e. The maximum atomic E-state index is 12.6. The van der Waals surface area contributed by atoms with Crippen molar-refractivity contribution in [3.8, 4) is 5.75 Å². The molecule has 0 atom stereocenters. The van der Waals surface area contributed by atoms with Crippen molar-refractivity contribution in [2.75, 3.05) is 29.5 Å². The Morgan fingerprint density at radius 2 is 1.72 bits per heavy atom. The number of ether oxygens (including phenoxy) is 1. The molecule has 0 radical (unpaired) electrons. The Bertz CT molecular complexity index is 892. The van der Waals surface area contributed by atoms with E-state index in [4.69, 9.17) is 4.74 Å². The van der Waals surface area contributed by atoms with Crippen LogP contribution in [0, 0.1) is 10.1 Å². The van der Waals surface area contributed by atoms with Crippen LogP contribution in [0.3, 0.4) is 0 Å².